The van der Waals surface area contributed by atoms with E-state index in [0.29, 0.717) is 16.7 Å². The molecule has 0 fully saturated rings. The Bertz CT molecular complexity index is 904. The van der Waals surface area contributed by atoms with E-state index in [2.05, 4.69) is 15.3 Å². The summed E-state index contributed by atoms with van der Waals surface area (Å²) in [6.07, 6.45) is 3.25. The first-order valence-electron chi connectivity index (χ1n) is 6.58. The van der Waals surface area contributed by atoms with Crippen molar-refractivity contribution in [3.63, 3.8) is 0 Å². The number of nitro groups is 1. The van der Waals surface area contributed by atoms with Crippen LogP contribution in [0.5, 0.6) is 0 Å². The average molecular weight is 330 g/mol. The average Bonchev–Trinajstić information content (AvgIpc) is 2.54. The van der Waals surface area contributed by atoms with E-state index in [-0.39, 0.29) is 0 Å². The van der Waals surface area contributed by atoms with Crippen molar-refractivity contribution < 1.29 is 9.31 Å². The van der Waals surface area contributed by atoms with Crippen LogP contribution in [-0.4, -0.2) is 21.1 Å². The van der Waals surface area contributed by atoms with Crippen LogP contribution in [0.3, 0.4) is 0 Å². The van der Waals surface area contributed by atoms with Crippen LogP contribution in [0, 0.1) is 15.9 Å². The summed E-state index contributed by atoms with van der Waals surface area (Å²) in [6.45, 7) is 0. The van der Waals surface area contributed by atoms with Crippen molar-refractivity contribution in [1.29, 1.82) is 0 Å². The zero-order valence-corrected chi connectivity index (χ0v) is 12.8. The van der Waals surface area contributed by atoms with Crippen LogP contribution in [-0.2, 0) is 0 Å². The van der Waals surface area contributed by atoms with Gasteiger partial charge in [0.15, 0.2) is 0 Å². The third-order valence-corrected chi connectivity index (χ3v) is 3.96. The molecule has 3 aromatic rings. The maximum Gasteiger partial charge on any atom is 0.305 e. The summed E-state index contributed by atoms with van der Waals surface area (Å²) in [5.41, 5.74) is 0.476. The van der Waals surface area contributed by atoms with Crippen molar-refractivity contribution in [3.05, 3.63) is 58.7 Å². The monoisotopic (exact) mass is 330 g/mol. The second-order valence-electron chi connectivity index (χ2n) is 4.66. The molecule has 0 aliphatic rings. The maximum atomic E-state index is 13.7. The molecule has 23 heavy (non-hydrogen) atoms. The summed E-state index contributed by atoms with van der Waals surface area (Å²) >= 11 is 1.59. The number of nitrogens with one attached hydrogen (secondary N) is 1. The predicted octanol–water partition coefficient (Wildman–Crippen LogP) is 4.14. The van der Waals surface area contributed by atoms with E-state index in [0.717, 1.165) is 22.7 Å². The largest absolute Gasteiger partial charge is 0.340 e. The van der Waals surface area contributed by atoms with E-state index in [1.807, 2.05) is 30.5 Å². The fourth-order valence-corrected chi connectivity index (χ4v) is 2.60. The molecule has 0 saturated carbocycles. The fraction of sp³-hybridized carbons (Fsp3) is 0.0667. The van der Waals surface area contributed by atoms with Gasteiger partial charge in [-0.15, -0.1) is 11.8 Å². The molecule has 8 heteroatoms. The molecule has 0 unspecified atom stereocenters. The number of aromatic nitrogens is 2. The summed E-state index contributed by atoms with van der Waals surface area (Å²) in [5, 5.41) is 14.4. The molecule has 0 bridgehead atoms. The Hall–Kier alpha value is -2.74. The third kappa shape index (κ3) is 3.07. The first-order chi connectivity index (χ1) is 11.1. The molecule has 6 nitrogen and oxygen atoms in total. The Balaban J connectivity index is 2.09. The summed E-state index contributed by atoms with van der Waals surface area (Å²) < 4.78 is 13.7. The normalized spacial score (nSPS) is 10.7. The van der Waals surface area contributed by atoms with Crippen molar-refractivity contribution in [2.75, 3.05) is 11.6 Å². The lowest BCUT2D eigenvalue weighted by Crippen LogP contribution is -1.99. The molecule has 0 aliphatic carbocycles. The number of rotatable bonds is 4. The van der Waals surface area contributed by atoms with Gasteiger partial charge >= 0.3 is 5.69 Å². The molecule has 1 heterocycles. The quantitative estimate of drug-likeness (QED) is 0.440. The molecular weight excluding hydrogens is 319 g/mol. The lowest BCUT2D eigenvalue weighted by atomic mass is 10.2. The Kier molecular flexibility index (Phi) is 4.07. The maximum absolute atomic E-state index is 13.7. The minimum absolute atomic E-state index is 0.298. The van der Waals surface area contributed by atoms with Gasteiger partial charge in [0.2, 0.25) is 5.82 Å². The fourth-order valence-electron chi connectivity index (χ4n) is 2.14. The minimum atomic E-state index is -0.920. The third-order valence-electron chi connectivity index (χ3n) is 3.23. The molecular formula is C15H11FN4O2S. The molecule has 0 spiro atoms. The highest BCUT2D eigenvalue weighted by atomic mass is 32.2. The van der Waals surface area contributed by atoms with Crippen molar-refractivity contribution in [1.82, 2.24) is 9.97 Å². The van der Waals surface area contributed by atoms with Crippen LogP contribution in [0.2, 0.25) is 0 Å². The number of hydrogen-bond donors (Lipinski definition) is 1. The van der Waals surface area contributed by atoms with Gasteiger partial charge in [-0.2, -0.15) is 4.39 Å². The van der Waals surface area contributed by atoms with Crippen LogP contribution in [0.15, 0.2) is 47.6 Å². The van der Waals surface area contributed by atoms with Crippen molar-refractivity contribution in [2.24, 2.45) is 0 Å². The first-order valence-corrected chi connectivity index (χ1v) is 7.80. The van der Waals surface area contributed by atoms with Gasteiger partial charge in [0.05, 0.1) is 15.8 Å². The minimum Gasteiger partial charge on any atom is -0.340 e. The topological polar surface area (TPSA) is 81.0 Å². The molecule has 3 rings (SSSR count). The van der Waals surface area contributed by atoms with Crippen LogP contribution >= 0.6 is 11.8 Å². The van der Waals surface area contributed by atoms with E-state index < -0.39 is 16.4 Å². The molecule has 0 saturated heterocycles. The summed E-state index contributed by atoms with van der Waals surface area (Å²) in [4.78, 5) is 19.3. The van der Waals surface area contributed by atoms with Crippen LogP contribution in [0.4, 0.5) is 21.6 Å². The SMILES string of the molecule is CSc1cccc(Nc2ncnc3cc(F)c([N+](=O)[O-])cc23)c1. The van der Waals surface area contributed by atoms with Gasteiger partial charge in [-0.05, 0) is 24.5 Å². The highest BCUT2D eigenvalue weighted by molar-refractivity contribution is 7.98. The Morgan fingerprint density at radius 1 is 1.26 bits per heavy atom. The highest BCUT2D eigenvalue weighted by Gasteiger charge is 2.17. The van der Waals surface area contributed by atoms with E-state index in [9.17, 15) is 14.5 Å². The first kappa shape index (κ1) is 15.2. The zero-order valence-electron chi connectivity index (χ0n) is 12.0. The van der Waals surface area contributed by atoms with Gasteiger partial charge in [-0.1, -0.05) is 6.07 Å². The number of halogens is 1. The number of nitro benzene ring substituents is 1. The Labute approximate surface area is 134 Å². The second-order valence-corrected chi connectivity index (χ2v) is 5.54. The standard InChI is InChI=1S/C15H11FN4O2S/c1-23-10-4-2-3-9(5-10)19-15-11-6-14(20(21)22)12(16)7-13(11)17-8-18-15/h2-8H,1H3,(H,17,18,19). The lowest BCUT2D eigenvalue weighted by molar-refractivity contribution is -0.387. The molecule has 0 atom stereocenters. The summed E-state index contributed by atoms with van der Waals surface area (Å²) in [5.74, 6) is -0.534. The van der Waals surface area contributed by atoms with Crippen LogP contribution < -0.4 is 5.32 Å². The van der Waals surface area contributed by atoms with Gasteiger partial charge in [0, 0.05) is 22.7 Å². The second kappa shape index (κ2) is 6.17. The molecule has 0 radical (unpaired) electrons. The smallest absolute Gasteiger partial charge is 0.305 e. The Morgan fingerprint density at radius 2 is 2.09 bits per heavy atom. The summed E-state index contributed by atoms with van der Waals surface area (Å²) in [7, 11) is 0. The molecule has 1 aromatic heterocycles. The van der Waals surface area contributed by atoms with Gasteiger partial charge in [-0.25, -0.2) is 9.97 Å². The van der Waals surface area contributed by atoms with E-state index in [1.165, 1.54) is 6.33 Å². The number of fused-ring (bicyclic) bond motifs is 1. The van der Waals surface area contributed by atoms with Crippen molar-refractivity contribution in [3.8, 4) is 0 Å². The zero-order chi connectivity index (χ0) is 16.4. The van der Waals surface area contributed by atoms with Gasteiger partial charge in [0.25, 0.3) is 0 Å². The number of benzene rings is 2. The van der Waals surface area contributed by atoms with E-state index >= 15 is 0 Å². The van der Waals surface area contributed by atoms with Crippen molar-refractivity contribution in [2.45, 2.75) is 4.90 Å². The van der Waals surface area contributed by atoms with Gasteiger partial charge in [-0.3, -0.25) is 10.1 Å². The lowest BCUT2D eigenvalue weighted by Gasteiger charge is -2.09. The molecule has 2 aromatic carbocycles. The number of thioether (sulfide) groups is 1. The predicted molar refractivity (Wildman–Crippen MR) is 87.7 cm³/mol. The summed E-state index contributed by atoms with van der Waals surface area (Å²) in [6, 6.07) is 9.82. The molecule has 1 N–H and O–H groups in total. The molecule has 0 amide bonds. The van der Waals surface area contributed by atoms with E-state index in [4.69, 9.17) is 0 Å². The van der Waals surface area contributed by atoms with Gasteiger partial charge < -0.3 is 5.32 Å². The molecule has 116 valence electrons. The highest BCUT2D eigenvalue weighted by Crippen LogP contribution is 2.29. The van der Waals surface area contributed by atoms with Gasteiger partial charge in [0.1, 0.15) is 12.1 Å². The van der Waals surface area contributed by atoms with Crippen LogP contribution in [0.1, 0.15) is 0 Å². The Morgan fingerprint density at radius 3 is 2.83 bits per heavy atom. The van der Waals surface area contributed by atoms with E-state index in [1.54, 1.807) is 11.8 Å². The number of anilines is 2. The molecule has 0 aliphatic heterocycles. The van der Waals surface area contributed by atoms with Crippen molar-refractivity contribution >= 4 is 39.9 Å². The van der Waals surface area contributed by atoms with Crippen LogP contribution in [0.25, 0.3) is 10.9 Å². The number of nitrogens with zero attached hydrogens (tertiary/aromatic N) is 3. The number of hydrogen-bond acceptors (Lipinski definition) is 6.